The highest BCUT2D eigenvalue weighted by molar-refractivity contribution is 5.84. The Morgan fingerprint density at radius 1 is 1.30 bits per heavy atom. The fourth-order valence-electron chi connectivity index (χ4n) is 2.53. The van der Waals surface area contributed by atoms with Crippen molar-refractivity contribution in [2.24, 2.45) is 0 Å². The Kier molecular flexibility index (Phi) is 4.78. The number of rotatable bonds is 5. The first-order valence-electron chi connectivity index (χ1n) is 7.32. The number of carbonyl (C=O) groups excluding carboxylic acids is 1. The standard InChI is InChI=1S/C16H25N3O/c1-5-14-16(20)19(11-12(2)18(3)4)15(17-14)13-9-7-6-8-10-13/h6-10,12,14-15,17H,5,11H2,1-4H3. The van der Waals surface area contributed by atoms with Crippen LogP contribution in [0.2, 0.25) is 0 Å². The monoisotopic (exact) mass is 275 g/mol. The van der Waals surface area contributed by atoms with Crippen LogP contribution in [0.5, 0.6) is 0 Å². The number of nitrogens with zero attached hydrogens (tertiary/aromatic N) is 2. The summed E-state index contributed by atoms with van der Waals surface area (Å²) in [5, 5.41) is 3.46. The van der Waals surface area contributed by atoms with Crippen molar-refractivity contribution < 1.29 is 4.79 Å². The number of nitrogens with one attached hydrogen (secondary N) is 1. The van der Waals surface area contributed by atoms with Crippen LogP contribution in [0.4, 0.5) is 0 Å². The van der Waals surface area contributed by atoms with E-state index >= 15 is 0 Å². The number of carbonyl (C=O) groups is 1. The number of benzene rings is 1. The van der Waals surface area contributed by atoms with E-state index in [0.717, 1.165) is 18.5 Å². The molecule has 110 valence electrons. The summed E-state index contributed by atoms with van der Waals surface area (Å²) in [6, 6.07) is 10.5. The molecule has 1 aliphatic rings. The average molecular weight is 275 g/mol. The summed E-state index contributed by atoms with van der Waals surface area (Å²) >= 11 is 0. The highest BCUT2D eigenvalue weighted by atomic mass is 16.2. The number of hydrogen-bond acceptors (Lipinski definition) is 3. The minimum absolute atomic E-state index is 0.00366. The third kappa shape index (κ3) is 3.02. The van der Waals surface area contributed by atoms with Gasteiger partial charge in [0.1, 0.15) is 6.17 Å². The van der Waals surface area contributed by atoms with E-state index in [-0.39, 0.29) is 18.1 Å². The number of amides is 1. The van der Waals surface area contributed by atoms with Gasteiger partial charge in [-0.25, -0.2) is 0 Å². The third-order valence-corrected chi connectivity index (χ3v) is 4.12. The first kappa shape index (κ1) is 15.0. The van der Waals surface area contributed by atoms with Gasteiger partial charge in [0.05, 0.1) is 6.04 Å². The molecule has 1 N–H and O–H groups in total. The Morgan fingerprint density at radius 2 is 1.95 bits per heavy atom. The molecule has 2 rings (SSSR count). The van der Waals surface area contributed by atoms with Crippen molar-refractivity contribution in [2.75, 3.05) is 20.6 Å². The fourth-order valence-corrected chi connectivity index (χ4v) is 2.53. The lowest BCUT2D eigenvalue weighted by Gasteiger charge is -2.30. The van der Waals surface area contributed by atoms with Crippen molar-refractivity contribution in [1.29, 1.82) is 0 Å². The van der Waals surface area contributed by atoms with Crippen LogP contribution in [0.1, 0.15) is 32.0 Å². The summed E-state index contributed by atoms with van der Waals surface area (Å²) in [4.78, 5) is 16.7. The Labute approximate surface area is 121 Å². The predicted octanol–water partition coefficient (Wildman–Crippen LogP) is 1.85. The van der Waals surface area contributed by atoms with E-state index in [0.29, 0.717) is 6.04 Å². The summed E-state index contributed by atoms with van der Waals surface area (Å²) in [6.45, 7) is 4.94. The summed E-state index contributed by atoms with van der Waals surface area (Å²) in [5.74, 6) is 0.218. The maximum Gasteiger partial charge on any atom is 0.241 e. The lowest BCUT2D eigenvalue weighted by molar-refractivity contribution is -0.130. The Morgan fingerprint density at radius 3 is 2.50 bits per heavy atom. The second kappa shape index (κ2) is 6.37. The largest absolute Gasteiger partial charge is 0.320 e. The zero-order valence-electron chi connectivity index (χ0n) is 12.8. The molecule has 1 aromatic carbocycles. The van der Waals surface area contributed by atoms with Crippen molar-refractivity contribution in [2.45, 2.75) is 38.5 Å². The predicted molar refractivity (Wildman–Crippen MR) is 81.3 cm³/mol. The Bertz CT molecular complexity index is 446. The van der Waals surface area contributed by atoms with Crippen molar-refractivity contribution in [3.05, 3.63) is 35.9 Å². The summed E-state index contributed by atoms with van der Waals surface area (Å²) < 4.78 is 0. The maximum absolute atomic E-state index is 12.5. The third-order valence-electron chi connectivity index (χ3n) is 4.12. The molecule has 4 heteroatoms. The molecule has 20 heavy (non-hydrogen) atoms. The van der Waals surface area contributed by atoms with Crippen LogP contribution in [0, 0.1) is 0 Å². The van der Waals surface area contributed by atoms with Crippen LogP contribution in [0.15, 0.2) is 30.3 Å². The van der Waals surface area contributed by atoms with E-state index in [1.54, 1.807) is 0 Å². The van der Waals surface area contributed by atoms with Crippen LogP contribution in [0.3, 0.4) is 0 Å². The number of likely N-dealkylation sites (N-methyl/N-ethyl adjacent to an activating group) is 1. The van der Waals surface area contributed by atoms with E-state index in [1.165, 1.54) is 0 Å². The summed E-state index contributed by atoms with van der Waals surface area (Å²) in [6.07, 6.45) is 0.825. The number of hydrogen-bond donors (Lipinski definition) is 1. The SMILES string of the molecule is CCC1NC(c2ccccc2)N(CC(C)N(C)C)C1=O. The van der Waals surface area contributed by atoms with E-state index in [9.17, 15) is 4.79 Å². The minimum Gasteiger partial charge on any atom is -0.320 e. The van der Waals surface area contributed by atoms with Gasteiger partial charge in [-0.05, 0) is 33.0 Å². The van der Waals surface area contributed by atoms with Gasteiger partial charge in [0.25, 0.3) is 0 Å². The van der Waals surface area contributed by atoms with Gasteiger partial charge in [-0.1, -0.05) is 37.3 Å². The minimum atomic E-state index is -0.0606. The van der Waals surface area contributed by atoms with E-state index < -0.39 is 0 Å². The van der Waals surface area contributed by atoms with Crippen LogP contribution in [-0.4, -0.2) is 48.4 Å². The van der Waals surface area contributed by atoms with E-state index in [2.05, 4.69) is 36.2 Å². The van der Waals surface area contributed by atoms with Crippen LogP contribution in [-0.2, 0) is 4.79 Å². The van der Waals surface area contributed by atoms with Crippen LogP contribution < -0.4 is 5.32 Å². The molecule has 0 aliphatic carbocycles. The maximum atomic E-state index is 12.5. The quantitative estimate of drug-likeness (QED) is 0.891. The fraction of sp³-hybridized carbons (Fsp3) is 0.562. The molecule has 1 aliphatic heterocycles. The van der Waals surface area contributed by atoms with Crippen molar-refractivity contribution in [3.63, 3.8) is 0 Å². The van der Waals surface area contributed by atoms with Crippen molar-refractivity contribution in [3.8, 4) is 0 Å². The van der Waals surface area contributed by atoms with Gasteiger partial charge in [-0.3, -0.25) is 10.1 Å². The van der Waals surface area contributed by atoms with E-state index in [4.69, 9.17) is 0 Å². The molecule has 3 unspecified atom stereocenters. The van der Waals surface area contributed by atoms with E-state index in [1.807, 2.05) is 37.2 Å². The van der Waals surface area contributed by atoms with Gasteiger partial charge in [-0.15, -0.1) is 0 Å². The molecular weight excluding hydrogens is 250 g/mol. The molecule has 1 heterocycles. The topological polar surface area (TPSA) is 35.6 Å². The summed E-state index contributed by atoms with van der Waals surface area (Å²) in [5.41, 5.74) is 1.16. The smallest absolute Gasteiger partial charge is 0.241 e. The molecular formula is C16H25N3O. The Balaban J connectivity index is 2.22. The van der Waals surface area contributed by atoms with Crippen molar-refractivity contribution in [1.82, 2.24) is 15.1 Å². The average Bonchev–Trinajstić information content (AvgIpc) is 2.76. The normalized spacial score (nSPS) is 24.4. The molecule has 4 nitrogen and oxygen atoms in total. The molecule has 1 aromatic rings. The molecule has 1 amide bonds. The molecule has 0 radical (unpaired) electrons. The van der Waals surface area contributed by atoms with Gasteiger partial charge < -0.3 is 9.80 Å². The highest BCUT2D eigenvalue weighted by Gasteiger charge is 2.39. The molecule has 1 saturated heterocycles. The second-order valence-electron chi connectivity index (χ2n) is 5.74. The molecule has 1 fully saturated rings. The lowest BCUT2D eigenvalue weighted by Crippen LogP contribution is -2.41. The van der Waals surface area contributed by atoms with Crippen molar-refractivity contribution >= 4 is 5.91 Å². The van der Waals surface area contributed by atoms with Gasteiger partial charge in [0.15, 0.2) is 0 Å². The molecule has 3 atom stereocenters. The van der Waals surface area contributed by atoms with Gasteiger partial charge in [0.2, 0.25) is 5.91 Å². The van der Waals surface area contributed by atoms with Gasteiger partial charge >= 0.3 is 0 Å². The van der Waals surface area contributed by atoms with Gasteiger partial charge in [0, 0.05) is 12.6 Å². The van der Waals surface area contributed by atoms with Gasteiger partial charge in [-0.2, -0.15) is 0 Å². The Hall–Kier alpha value is -1.39. The molecule has 0 bridgehead atoms. The highest BCUT2D eigenvalue weighted by Crippen LogP contribution is 2.26. The molecule has 0 spiro atoms. The first-order chi connectivity index (χ1) is 9.54. The van der Waals surface area contributed by atoms with Crippen LogP contribution in [0.25, 0.3) is 0 Å². The lowest BCUT2D eigenvalue weighted by atomic mass is 10.1. The zero-order valence-corrected chi connectivity index (χ0v) is 12.8. The van der Waals surface area contributed by atoms with Crippen LogP contribution >= 0.6 is 0 Å². The second-order valence-corrected chi connectivity index (χ2v) is 5.74. The first-order valence-corrected chi connectivity index (χ1v) is 7.32. The summed E-state index contributed by atoms with van der Waals surface area (Å²) in [7, 11) is 4.10. The molecule has 0 saturated carbocycles. The molecule has 0 aromatic heterocycles. The zero-order chi connectivity index (χ0) is 14.7.